The number of carbonyl (C=O) groups is 3. The van der Waals surface area contributed by atoms with Crippen molar-refractivity contribution in [1.82, 2.24) is 0 Å². The normalized spacial score (nSPS) is 17.6. The summed E-state index contributed by atoms with van der Waals surface area (Å²) in [4.78, 5) is 39.3. The smallest absolute Gasteiger partial charge is 0.344 e. The molecule has 0 amide bonds. The molecular weight excluding hydrogens is 290 g/mol. The first-order valence-corrected chi connectivity index (χ1v) is 7.14. The molecule has 1 rings (SSSR count). The van der Waals surface area contributed by atoms with Crippen LogP contribution < -0.4 is 0 Å². The molecule has 7 nitrogen and oxygen atoms in total. The van der Waals surface area contributed by atoms with E-state index >= 15 is 0 Å². The third-order valence-corrected chi connectivity index (χ3v) is 3.14. The maximum Gasteiger partial charge on any atom is 0.344 e. The Morgan fingerprint density at radius 2 is 1.73 bits per heavy atom. The Morgan fingerprint density at radius 3 is 2.32 bits per heavy atom. The summed E-state index contributed by atoms with van der Waals surface area (Å²) in [5, 5.41) is 0. The van der Waals surface area contributed by atoms with E-state index in [1.807, 2.05) is 0 Å². The summed E-state index contributed by atoms with van der Waals surface area (Å²) in [6, 6.07) is 0. The van der Waals surface area contributed by atoms with Crippen LogP contribution in [-0.2, 0) is 28.6 Å². The van der Waals surface area contributed by atoms with Crippen LogP contribution in [0.2, 0.25) is 0 Å². The molecule has 0 aromatic heterocycles. The third-order valence-electron chi connectivity index (χ3n) is 3.14. The molecule has 0 aromatic rings. The van der Waals surface area contributed by atoms with Gasteiger partial charge in [0.15, 0.2) is 6.61 Å². The molecule has 1 aliphatic rings. The van der Waals surface area contributed by atoms with Crippen molar-refractivity contribution in [1.29, 1.82) is 0 Å². The molecule has 1 unspecified atom stereocenters. The largest absolute Gasteiger partial charge is 0.465 e. The van der Waals surface area contributed by atoms with Crippen LogP contribution in [-0.4, -0.2) is 43.4 Å². The Hall–Kier alpha value is -2.18. The van der Waals surface area contributed by atoms with Crippen LogP contribution in [0.4, 0.5) is 0 Å². The maximum absolute atomic E-state index is 12.0. The molecule has 1 atom stereocenters. The van der Waals surface area contributed by atoms with Gasteiger partial charge in [-0.1, -0.05) is 0 Å². The second kappa shape index (κ2) is 8.31. The first kappa shape index (κ1) is 17.9. The lowest BCUT2D eigenvalue weighted by Crippen LogP contribution is -2.30. The number of nitrogens with zero attached hydrogens (tertiary/aromatic N) is 1. The number of esters is 3. The standard InChI is InChI=1S/C15H21NO6/c1-5-20-13(17)8-22-15(19)12-7-11(14(18)21-6-2)9(3)16-10(12)4/h11H,5-8H2,1-4H3. The molecule has 22 heavy (non-hydrogen) atoms. The van der Waals surface area contributed by atoms with E-state index in [9.17, 15) is 14.4 Å². The fraction of sp³-hybridized carbons (Fsp3) is 0.600. The summed E-state index contributed by atoms with van der Waals surface area (Å²) in [5.41, 5.74) is 1.35. The van der Waals surface area contributed by atoms with Crippen molar-refractivity contribution in [2.24, 2.45) is 10.9 Å². The number of hydrogen-bond donors (Lipinski definition) is 0. The van der Waals surface area contributed by atoms with E-state index in [0.29, 0.717) is 11.4 Å². The number of carbonyl (C=O) groups excluding carboxylic acids is 3. The topological polar surface area (TPSA) is 91.3 Å². The fourth-order valence-corrected chi connectivity index (χ4v) is 2.05. The minimum Gasteiger partial charge on any atom is -0.465 e. The lowest BCUT2D eigenvalue weighted by atomic mass is 9.91. The SMILES string of the molecule is CCOC(=O)COC(=O)C1=C(C)N=C(C)C(C(=O)OCC)C1. The van der Waals surface area contributed by atoms with Gasteiger partial charge in [-0.25, -0.2) is 9.59 Å². The van der Waals surface area contributed by atoms with E-state index in [2.05, 4.69) is 9.73 Å². The number of allylic oxidation sites excluding steroid dienone is 1. The highest BCUT2D eigenvalue weighted by Gasteiger charge is 2.32. The van der Waals surface area contributed by atoms with Crippen molar-refractivity contribution in [2.45, 2.75) is 34.1 Å². The molecule has 0 saturated carbocycles. The van der Waals surface area contributed by atoms with Crippen molar-refractivity contribution in [3.8, 4) is 0 Å². The van der Waals surface area contributed by atoms with E-state index in [0.717, 1.165) is 0 Å². The molecule has 1 heterocycles. The Labute approximate surface area is 129 Å². The van der Waals surface area contributed by atoms with Gasteiger partial charge in [-0.3, -0.25) is 9.79 Å². The van der Waals surface area contributed by atoms with Crippen molar-refractivity contribution in [2.75, 3.05) is 19.8 Å². The summed E-state index contributed by atoms with van der Waals surface area (Å²) in [7, 11) is 0. The molecule has 0 fully saturated rings. The van der Waals surface area contributed by atoms with Crippen LogP contribution in [0.3, 0.4) is 0 Å². The summed E-state index contributed by atoms with van der Waals surface area (Å²) >= 11 is 0. The fourth-order valence-electron chi connectivity index (χ4n) is 2.05. The Morgan fingerprint density at radius 1 is 1.09 bits per heavy atom. The zero-order chi connectivity index (χ0) is 16.7. The second-order valence-corrected chi connectivity index (χ2v) is 4.71. The van der Waals surface area contributed by atoms with Gasteiger partial charge in [-0.15, -0.1) is 0 Å². The minimum absolute atomic E-state index is 0.154. The maximum atomic E-state index is 12.0. The van der Waals surface area contributed by atoms with E-state index in [4.69, 9.17) is 9.47 Å². The van der Waals surface area contributed by atoms with E-state index in [1.54, 1.807) is 27.7 Å². The van der Waals surface area contributed by atoms with Gasteiger partial charge in [0.05, 0.1) is 24.7 Å². The van der Waals surface area contributed by atoms with Crippen LogP contribution in [0.15, 0.2) is 16.3 Å². The van der Waals surface area contributed by atoms with Gasteiger partial charge in [0, 0.05) is 11.4 Å². The van der Waals surface area contributed by atoms with Crippen molar-refractivity contribution in [3.63, 3.8) is 0 Å². The molecule has 0 bridgehead atoms. The van der Waals surface area contributed by atoms with Crippen LogP contribution in [0.5, 0.6) is 0 Å². The Kier molecular flexibility index (Phi) is 6.75. The predicted octanol–water partition coefficient (Wildman–Crippen LogP) is 1.41. The van der Waals surface area contributed by atoms with Gasteiger partial charge < -0.3 is 14.2 Å². The van der Waals surface area contributed by atoms with Crippen LogP contribution in [0.25, 0.3) is 0 Å². The van der Waals surface area contributed by atoms with Gasteiger partial charge in [-0.2, -0.15) is 0 Å². The number of hydrogen-bond acceptors (Lipinski definition) is 7. The van der Waals surface area contributed by atoms with Crippen LogP contribution >= 0.6 is 0 Å². The van der Waals surface area contributed by atoms with E-state index in [-0.39, 0.29) is 25.2 Å². The summed E-state index contributed by atoms with van der Waals surface area (Å²) in [5.74, 6) is -2.32. The predicted molar refractivity (Wildman–Crippen MR) is 78.1 cm³/mol. The van der Waals surface area contributed by atoms with E-state index < -0.39 is 30.4 Å². The molecule has 1 aliphatic heterocycles. The van der Waals surface area contributed by atoms with Crippen molar-refractivity contribution in [3.05, 3.63) is 11.3 Å². The minimum atomic E-state index is -0.670. The number of rotatable bonds is 6. The highest BCUT2D eigenvalue weighted by molar-refractivity contribution is 6.05. The molecule has 7 heteroatoms. The monoisotopic (exact) mass is 311 g/mol. The molecule has 0 N–H and O–H groups in total. The van der Waals surface area contributed by atoms with Gasteiger partial charge in [0.25, 0.3) is 0 Å². The van der Waals surface area contributed by atoms with E-state index in [1.165, 1.54) is 0 Å². The second-order valence-electron chi connectivity index (χ2n) is 4.71. The summed E-state index contributed by atoms with van der Waals surface area (Å²) in [6.45, 7) is 6.76. The Balaban J connectivity index is 2.76. The zero-order valence-corrected chi connectivity index (χ0v) is 13.3. The average molecular weight is 311 g/mol. The van der Waals surface area contributed by atoms with Gasteiger partial charge in [0.2, 0.25) is 0 Å². The third kappa shape index (κ3) is 4.68. The summed E-state index contributed by atoms with van der Waals surface area (Å²) < 4.78 is 14.6. The number of aliphatic imine (C=N–C) groups is 1. The molecule has 0 spiro atoms. The first-order valence-electron chi connectivity index (χ1n) is 7.14. The Bertz CT molecular complexity index is 520. The molecule has 122 valence electrons. The lowest BCUT2D eigenvalue weighted by Gasteiger charge is -2.22. The van der Waals surface area contributed by atoms with Crippen LogP contribution in [0, 0.1) is 5.92 Å². The van der Waals surface area contributed by atoms with Crippen molar-refractivity contribution < 1.29 is 28.6 Å². The lowest BCUT2D eigenvalue weighted by molar-refractivity contribution is -0.156. The summed E-state index contributed by atoms with van der Waals surface area (Å²) in [6.07, 6.45) is 0.154. The number of ether oxygens (including phenoxy) is 3. The molecular formula is C15H21NO6. The van der Waals surface area contributed by atoms with Gasteiger partial charge in [-0.05, 0) is 34.1 Å². The first-order chi connectivity index (χ1) is 10.4. The zero-order valence-electron chi connectivity index (χ0n) is 13.3. The molecule has 0 aromatic carbocycles. The molecule has 0 saturated heterocycles. The molecule has 0 aliphatic carbocycles. The highest BCUT2D eigenvalue weighted by Crippen LogP contribution is 2.26. The van der Waals surface area contributed by atoms with Gasteiger partial charge >= 0.3 is 17.9 Å². The van der Waals surface area contributed by atoms with Crippen LogP contribution in [0.1, 0.15) is 34.1 Å². The average Bonchev–Trinajstić information content (AvgIpc) is 2.45. The quantitative estimate of drug-likeness (QED) is 0.544. The van der Waals surface area contributed by atoms with Gasteiger partial charge in [0.1, 0.15) is 0 Å². The van der Waals surface area contributed by atoms with Crippen molar-refractivity contribution >= 4 is 23.6 Å². The highest BCUT2D eigenvalue weighted by atomic mass is 16.6. The molecule has 0 radical (unpaired) electrons.